The summed E-state index contributed by atoms with van der Waals surface area (Å²) in [5.41, 5.74) is 13.8. The molecule has 104 valence electrons. The summed E-state index contributed by atoms with van der Waals surface area (Å²) >= 11 is 0. The fourth-order valence-electron chi connectivity index (χ4n) is 2.01. The van der Waals surface area contributed by atoms with E-state index in [4.69, 9.17) is 11.5 Å². The van der Waals surface area contributed by atoms with Gasteiger partial charge >= 0.3 is 0 Å². The maximum absolute atomic E-state index is 11.6. The van der Waals surface area contributed by atoms with Gasteiger partial charge in [-0.2, -0.15) is 0 Å². The molecule has 2 aromatic carbocycles. The third kappa shape index (κ3) is 2.59. The first-order valence-electron chi connectivity index (χ1n) is 6.32. The molecule has 1 amide bonds. The predicted molar refractivity (Wildman–Crippen MR) is 82.2 cm³/mol. The minimum atomic E-state index is -0.639. The highest BCUT2D eigenvalue weighted by atomic mass is 16.1. The molecule has 0 spiro atoms. The van der Waals surface area contributed by atoms with Crippen LogP contribution in [-0.4, -0.2) is 15.9 Å². The van der Waals surface area contributed by atoms with E-state index in [2.05, 4.69) is 15.3 Å². The molecular weight excluding hydrogens is 266 g/mol. The van der Waals surface area contributed by atoms with Crippen molar-refractivity contribution in [1.82, 2.24) is 9.97 Å². The van der Waals surface area contributed by atoms with Crippen molar-refractivity contribution in [2.75, 3.05) is 11.1 Å². The maximum Gasteiger partial charge on any atom is 0.271 e. The molecule has 1 aromatic heterocycles. The Bertz CT molecular complexity index is 831. The minimum absolute atomic E-state index is 0.0936. The number of anilines is 3. The van der Waals surface area contributed by atoms with E-state index in [-0.39, 0.29) is 5.69 Å². The van der Waals surface area contributed by atoms with Gasteiger partial charge in [-0.1, -0.05) is 18.2 Å². The number of carbonyl (C=O) groups is 1. The highest BCUT2D eigenvalue weighted by Crippen LogP contribution is 2.22. The zero-order chi connectivity index (χ0) is 14.8. The molecule has 1 heterocycles. The summed E-state index contributed by atoms with van der Waals surface area (Å²) in [6.07, 6.45) is 0. The lowest BCUT2D eigenvalue weighted by Gasteiger charge is -2.10. The molecule has 0 fully saturated rings. The Labute approximate surface area is 120 Å². The van der Waals surface area contributed by atoms with E-state index >= 15 is 0 Å². The number of hydrogen-bond acceptors (Lipinski definition) is 5. The number of nitrogens with one attached hydrogen (secondary N) is 1. The topological polar surface area (TPSA) is 107 Å². The van der Waals surface area contributed by atoms with Crippen LogP contribution in [0.15, 0.2) is 48.5 Å². The Morgan fingerprint density at radius 3 is 2.38 bits per heavy atom. The van der Waals surface area contributed by atoms with E-state index in [0.717, 1.165) is 0 Å². The Morgan fingerprint density at radius 2 is 1.71 bits per heavy atom. The van der Waals surface area contributed by atoms with Crippen LogP contribution in [0.4, 0.5) is 17.2 Å². The molecule has 0 aliphatic rings. The third-order valence-corrected chi connectivity index (χ3v) is 2.95. The van der Waals surface area contributed by atoms with Gasteiger partial charge in [-0.05, 0) is 30.3 Å². The van der Waals surface area contributed by atoms with Gasteiger partial charge in [-0.3, -0.25) is 4.79 Å². The number of nitrogens with zero attached hydrogens (tertiary/aromatic N) is 2. The molecule has 0 unspecified atom stereocenters. The second-order valence-corrected chi connectivity index (χ2v) is 4.52. The number of nitrogen functional groups attached to an aromatic ring is 1. The second kappa shape index (κ2) is 5.09. The van der Waals surface area contributed by atoms with Gasteiger partial charge in [0.25, 0.3) is 5.91 Å². The smallest absolute Gasteiger partial charge is 0.271 e. The molecule has 3 rings (SSSR count). The number of aromatic nitrogens is 2. The molecular formula is C15H13N5O. The van der Waals surface area contributed by atoms with Crippen LogP contribution in [0.3, 0.4) is 0 Å². The summed E-state index contributed by atoms with van der Waals surface area (Å²) in [4.78, 5) is 20.2. The van der Waals surface area contributed by atoms with E-state index in [1.165, 1.54) is 0 Å². The van der Waals surface area contributed by atoms with Crippen molar-refractivity contribution in [1.29, 1.82) is 0 Å². The van der Waals surface area contributed by atoms with Crippen LogP contribution < -0.4 is 16.8 Å². The van der Waals surface area contributed by atoms with Gasteiger partial charge in [-0.25, -0.2) is 9.97 Å². The van der Waals surface area contributed by atoms with Crippen LogP contribution in [0, 0.1) is 0 Å². The molecule has 6 nitrogen and oxygen atoms in total. The van der Waals surface area contributed by atoms with Crippen molar-refractivity contribution in [3.8, 4) is 0 Å². The summed E-state index contributed by atoms with van der Waals surface area (Å²) < 4.78 is 0. The van der Waals surface area contributed by atoms with Crippen molar-refractivity contribution in [2.24, 2.45) is 5.73 Å². The molecule has 3 aromatic rings. The number of hydrogen-bond donors (Lipinski definition) is 3. The van der Waals surface area contributed by atoms with Crippen LogP contribution >= 0.6 is 0 Å². The summed E-state index contributed by atoms with van der Waals surface area (Å²) in [5.74, 6) is -0.327. The number of primary amides is 1. The van der Waals surface area contributed by atoms with E-state index in [0.29, 0.717) is 28.2 Å². The first-order valence-corrected chi connectivity index (χ1v) is 6.32. The lowest BCUT2D eigenvalue weighted by Crippen LogP contribution is -2.16. The summed E-state index contributed by atoms with van der Waals surface area (Å²) in [6, 6.07) is 14.4. The molecule has 6 heteroatoms. The van der Waals surface area contributed by atoms with Crippen LogP contribution in [0.25, 0.3) is 11.0 Å². The van der Waals surface area contributed by atoms with E-state index in [1.807, 2.05) is 24.3 Å². The number of rotatable bonds is 3. The monoisotopic (exact) mass is 279 g/mol. The summed E-state index contributed by atoms with van der Waals surface area (Å²) in [5, 5.41) is 3.03. The average Bonchev–Trinajstić information content (AvgIpc) is 2.46. The van der Waals surface area contributed by atoms with Crippen molar-refractivity contribution in [2.45, 2.75) is 0 Å². The Balaban J connectivity index is 2.11. The first kappa shape index (κ1) is 12.9. The van der Waals surface area contributed by atoms with Crippen molar-refractivity contribution in [3.63, 3.8) is 0 Å². The van der Waals surface area contributed by atoms with Gasteiger partial charge in [0.05, 0.1) is 11.0 Å². The minimum Gasteiger partial charge on any atom is -0.399 e. The number of carbonyl (C=O) groups excluding carboxylic acids is 1. The van der Waals surface area contributed by atoms with Gasteiger partial charge < -0.3 is 16.8 Å². The average molecular weight is 279 g/mol. The molecule has 0 aliphatic carbocycles. The molecule has 21 heavy (non-hydrogen) atoms. The highest BCUT2D eigenvalue weighted by molar-refractivity contribution is 5.98. The maximum atomic E-state index is 11.6. The number of para-hydroxylation sites is 2. The van der Waals surface area contributed by atoms with Crippen LogP contribution in [0.1, 0.15) is 10.5 Å². The molecule has 0 radical (unpaired) electrons. The normalized spacial score (nSPS) is 10.5. The number of nitrogens with two attached hydrogens (primary N) is 2. The van der Waals surface area contributed by atoms with E-state index < -0.39 is 5.91 Å². The Kier molecular flexibility index (Phi) is 3.12. The van der Waals surface area contributed by atoms with Gasteiger partial charge in [0.2, 0.25) is 0 Å². The third-order valence-electron chi connectivity index (χ3n) is 2.95. The molecule has 0 atom stereocenters. The van der Waals surface area contributed by atoms with Gasteiger partial charge in [0.1, 0.15) is 0 Å². The zero-order valence-electron chi connectivity index (χ0n) is 11.1. The molecule has 0 saturated carbocycles. The van der Waals surface area contributed by atoms with Gasteiger partial charge in [-0.15, -0.1) is 0 Å². The van der Waals surface area contributed by atoms with Crippen molar-refractivity contribution < 1.29 is 4.79 Å². The molecule has 0 saturated heterocycles. The fourth-order valence-corrected chi connectivity index (χ4v) is 2.01. The standard InChI is InChI=1S/C15H13N5O/c16-9-4-3-5-10(8-9)18-15-13(14(17)21)19-11-6-1-2-7-12(11)20-15/h1-8H,16H2,(H2,17,21)(H,18,20). The fraction of sp³-hybridized carbons (Fsp3) is 0. The highest BCUT2D eigenvalue weighted by Gasteiger charge is 2.13. The van der Waals surface area contributed by atoms with Gasteiger partial charge in [0, 0.05) is 11.4 Å². The molecule has 0 aliphatic heterocycles. The Hall–Kier alpha value is -3.15. The van der Waals surface area contributed by atoms with E-state index in [1.54, 1.807) is 24.3 Å². The predicted octanol–water partition coefficient (Wildman–Crippen LogP) is 2.05. The second-order valence-electron chi connectivity index (χ2n) is 4.52. The largest absolute Gasteiger partial charge is 0.399 e. The van der Waals surface area contributed by atoms with Crippen molar-refractivity contribution in [3.05, 3.63) is 54.2 Å². The first-order chi connectivity index (χ1) is 10.1. The van der Waals surface area contributed by atoms with Crippen LogP contribution in [-0.2, 0) is 0 Å². The summed E-state index contributed by atoms with van der Waals surface area (Å²) in [6.45, 7) is 0. The molecule has 5 N–H and O–H groups in total. The number of benzene rings is 2. The van der Waals surface area contributed by atoms with Gasteiger partial charge in [0.15, 0.2) is 11.5 Å². The summed E-state index contributed by atoms with van der Waals surface area (Å²) in [7, 11) is 0. The number of amides is 1. The molecule has 0 bridgehead atoms. The zero-order valence-corrected chi connectivity index (χ0v) is 11.1. The number of fused-ring (bicyclic) bond motifs is 1. The Morgan fingerprint density at radius 1 is 1.00 bits per heavy atom. The van der Waals surface area contributed by atoms with E-state index in [9.17, 15) is 4.79 Å². The quantitative estimate of drug-likeness (QED) is 0.636. The van der Waals surface area contributed by atoms with Crippen LogP contribution in [0.5, 0.6) is 0 Å². The lowest BCUT2D eigenvalue weighted by atomic mass is 10.2. The lowest BCUT2D eigenvalue weighted by molar-refractivity contribution is 0.0996. The van der Waals surface area contributed by atoms with Crippen molar-refractivity contribution >= 4 is 34.1 Å². The SMILES string of the molecule is NC(=O)c1nc2ccccc2nc1Nc1cccc(N)c1. The van der Waals surface area contributed by atoms with Crippen LogP contribution in [0.2, 0.25) is 0 Å².